The van der Waals surface area contributed by atoms with Gasteiger partial charge in [0.1, 0.15) is 5.82 Å². The maximum absolute atomic E-state index is 12.4. The summed E-state index contributed by atoms with van der Waals surface area (Å²) < 4.78 is 13.0. The minimum absolute atomic E-state index is 0.0931. The van der Waals surface area contributed by atoms with Gasteiger partial charge in [-0.2, -0.15) is 0 Å². The number of amides is 1. The van der Waals surface area contributed by atoms with Crippen LogP contribution in [0.5, 0.6) is 0 Å². The van der Waals surface area contributed by atoms with E-state index in [1.54, 1.807) is 19.5 Å². The Balaban J connectivity index is 1.61. The summed E-state index contributed by atoms with van der Waals surface area (Å²) in [4.78, 5) is 22.8. The van der Waals surface area contributed by atoms with Crippen LogP contribution in [0.25, 0.3) is 0 Å². The first kappa shape index (κ1) is 17.6. The second-order valence-corrected chi connectivity index (χ2v) is 6.26. The molecule has 1 amide bonds. The van der Waals surface area contributed by atoms with Gasteiger partial charge >= 0.3 is 0 Å². The quantitative estimate of drug-likeness (QED) is 0.761. The molecule has 0 radical (unpaired) electrons. The highest BCUT2D eigenvalue weighted by Crippen LogP contribution is 2.17. The van der Waals surface area contributed by atoms with Crippen LogP contribution in [0.1, 0.15) is 17.8 Å². The molecular weight excluding hydrogens is 320 g/mol. The molecular formula is C18H24N4O3. The van der Waals surface area contributed by atoms with Crippen LogP contribution in [0.3, 0.4) is 0 Å². The second-order valence-electron chi connectivity index (χ2n) is 6.26. The second kappa shape index (κ2) is 8.73. The highest BCUT2D eigenvalue weighted by Gasteiger charge is 2.25. The number of carbonyl (C=O) groups is 1. The highest BCUT2D eigenvalue weighted by atomic mass is 16.5. The lowest BCUT2D eigenvalue weighted by Gasteiger charge is -2.24. The summed E-state index contributed by atoms with van der Waals surface area (Å²) in [6.07, 6.45) is 7.69. The van der Waals surface area contributed by atoms with Crippen molar-refractivity contribution in [2.75, 3.05) is 26.9 Å². The zero-order valence-electron chi connectivity index (χ0n) is 14.5. The van der Waals surface area contributed by atoms with Crippen LogP contribution >= 0.6 is 0 Å². The summed E-state index contributed by atoms with van der Waals surface area (Å²) in [6.45, 7) is 3.55. The Morgan fingerprint density at radius 2 is 2.28 bits per heavy atom. The van der Waals surface area contributed by atoms with Crippen LogP contribution in [-0.2, 0) is 34.0 Å². The van der Waals surface area contributed by atoms with Crippen LogP contribution in [0.2, 0.25) is 0 Å². The van der Waals surface area contributed by atoms with Crippen LogP contribution in [-0.4, -0.2) is 52.2 Å². The van der Waals surface area contributed by atoms with Gasteiger partial charge in [-0.15, -0.1) is 0 Å². The normalized spacial score (nSPS) is 17.2. The summed E-state index contributed by atoms with van der Waals surface area (Å²) in [5.41, 5.74) is 1.05. The maximum Gasteiger partial charge on any atom is 0.225 e. The van der Waals surface area contributed by atoms with Crippen molar-refractivity contribution in [3.05, 3.63) is 48.3 Å². The number of imidazole rings is 1. The Bertz CT molecular complexity index is 674. The SMILES string of the molecule is COCCC(=O)N1Cc2nccn2C[C@H](COCc2cccnc2)C1. The molecule has 3 heterocycles. The molecule has 0 spiro atoms. The molecule has 0 saturated carbocycles. The number of methoxy groups -OCH3 is 1. The molecule has 134 valence electrons. The van der Waals surface area contributed by atoms with Crippen molar-refractivity contribution in [1.29, 1.82) is 0 Å². The van der Waals surface area contributed by atoms with E-state index >= 15 is 0 Å². The van der Waals surface area contributed by atoms with Crippen molar-refractivity contribution in [3.8, 4) is 0 Å². The zero-order valence-corrected chi connectivity index (χ0v) is 14.5. The predicted molar refractivity (Wildman–Crippen MR) is 91.5 cm³/mol. The molecule has 0 aliphatic carbocycles. The van der Waals surface area contributed by atoms with E-state index < -0.39 is 0 Å². The summed E-state index contributed by atoms with van der Waals surface area (Å²) in [5, 5.41) is 0. The predicted octanol–water partition coefficient (Wildman–Crippen LogP) is 1.49. The van der Waals surface area contributed by atoms with Crippen molar-refractivity contribution in [1.82, 2.24) is 19.4 Å². The van der Waals surface area contributed by atoms with Gasteiger partial charge < -0.3 is 18.9 Å². The number of fused-ring (bicyclic) bond motifs is 1. The molecule has 3 rings (SSSR count). The molecule has 0 unspecified atom stereocenters. The number of ether oxygens (including phenoxy) is 2. The average molecular weight is 344 g/mol. The Morgan fingerprint density at radius 1 is 1.36 bits per heavy atom. The van der Waals surface area contributed by atoms with Gasteiger partial charge in [-0.05, 0) is 11.6 Å². The third kappa shape index (κ3) is 4.87. The minimum atomic E-state index is 0.0931. The fourth-order valence-electron chi connectivity index (χ4n) is 3.01. The fraction of sp³-hybridized carbons (Fsp3) is 0.500. The molecule has 0 fully saturated rings. The third-order valence-electron chi connectivity index (χ3n) is 4.29. The number of pyridine rings is 1. The van der Waals surface area contributed by atoms with Crippen molar-refractivity contribution >= 4 is 5.91 Å². The number of hydrogen-bond acceptors (Lipinski definition) is 5. The molecule has 1 atom stereocenters. The molecule has 0 saturated heterocycles. The molecule has 7 nitrogen and oxygen atoms in total. The van der Waals surface area contributed by atoms with Crippen LogP contribution in [0.15, 0.2) is 36.9 Å². The number of carbonyl (C=O) groups excluding carboxylic acids is 1. The van der Waals surface area contributed by atoms with Gasteiger partial charge in [0.25, 0.3) is 0 Å². The Labute approximate surface area is 147 Å². The first-order valence-corrected chi connectivity index (χ1v) is 8.49. The van der Waals surface area contributed by atoms with E-state index in [1.807, 2.05) is 29.4 Å². The molecule has 1 aliphatic heterocycles. The monoisotopic (exact) mass is 344 g/mol. The summed E-state index contributed by atoms with van der Waals surface area (Å²) in [5.74, 6) is 1.23. The van der Waals surface area contributed by atoms with E-state index in [2.05, 4.69) is 14.5 Å². The molecule has 0 N–H and O–H groups in total. The van der Waals surface area contributed by atoms with Crippen molar-refractivity contribution in [2.45, 2.75) is 26.1 Å². The van der Waals surface area contributed by atoms with Gasteiger partial charge in [0, 0.05) is 50.9 Å². The number of aromatic nitrogens is 3. The highest BCUT2D eigenvalue weighted by molar-refractivity contribution is 5.76. The Kier molecular flexibility index (Phi) is 6.14. The smallest absolute Gasteiger partial charge is 0.225 e. The van der Waals surface area contributed by atoms with Crippen LogP contribution in [0.4, 0.5) is 0 Å². The van der Waals surface area contributed by atoms with Crippen molar-refractivity contribution < 1.29 is 14.3 Å². The lowest BCUT2D eigenvalue weighted by molar-refractivity contribution is -0.133. The minimum Gasteiger partial charge on any atom is -0.384 e. The topological polar surface area (TPSA) is 69.5 Å². The summed E-state index contributed by atoms with van der Waals surface area (Å²) >= 11 is 0. The van der Waals surface area contributed by atoms with Gasteiger partial charge in [-0.1, -0.05) is 6.07 Å². The van der Waals surface area contributed by atoms with E-state index in [-0.39, 0.29) is 11.8 Å². The number of rotatable bonds is 7. The van der Waals surface area contributed by atoms with Crippen molar-refractivity contribution in [2.24, 2.45) is 5.92 Å². The van der Waals surface area contributed by atoms with E-state index in [0.717, 1.165) is 17.9 Å². The Hall–Kier alpha value is -2.25. The molecule has 25 heavy (non-hydrogen) atoms. The molecule has 0 bridgehead atoms. The molecule has 2 aromatic rings. The van der Waals surface area contributed by atoms with Gasteiger partial charge in [0.15, 0.2) is 0 Å². The van der Waals surface area contributed by atoms with Gasteiger partial charge in [0.2, 0.25) is 5.91 Å². The molecule has 7 heteroatoms. The molecule has 1 aliphatic rings. The molecule has 2 aromatic heterocycles. The standard InChI is InChI=1S/C18H24N4O3/c1-24-8-4-18(23)22-11-16(10-21-7-6-20-17(21)12-22)14-25-13-15-3-2-5-19-9-15/h2-3,5-7,9,16H,4,8,10-14H2,1H3/t16-/m0/s1. The number of hydrogen-bond donors (Lipinski definition) is 0. The van der Waals surface area contributed by atoms with Gasteiger partial charge in [0.05, 0.1) is 32.8 Å². The third-order valence-corrected chi connectivity index (χ3v) is 4.29. The van der Waals surface area contributed by atoms with Gasteiger partial charge in [-0.25, -0.2) is 4.98 Å². The van der Waals surface area contributed by atoms with Gasteiger partial charge in [-0.3, -0.25) is 9.78 Å². The average Bonchev–Trinajstić information content (AvgIpc) is 2.99. The Morgan fingerprint density at radius 3 is 3.08 bits per heavy atom. The van der Waals surface area contributed by atoms with E-state index in [9.17, 15) is 4.79 Å². The fourth-order valence-corrected chi connectivity index (χ4v) is 3.01. The molecule has 0 aromatic carbocycles. The lowest BCUT2D eigenvalue weighted by Crippen LogP contribution is -2.35. The number of nitrogens with zero attached hydrogens (tertiary/aromatic N) is 4. The first-order chi connectivity index (χ1) is 12.3. The van der Waals surface area contributed by atoms with E-state index in [0.29, 0.717) is 39.3 Å². The summed E-state index contributed by atoms with van der Waals surface area (Å²) in [7, 11) is 1.61. The maximum atomic E-state index is 12.4. The van der Waals surface area contributed by atoms with E-state index in [1.165, 1.54) is 0 Å². The first-order valence-electron chi connectivity index (χ1n) is 8.49. The zero-order chi connectivity index (χ0) is 17.5. The largest absolute Gasteiger partial charge is 0.384 e. The lowest BCUT2D eigenvalue weighted by atomic mass is 10.1. The van der Waals surface area contributed by atoms with Crippen molar-refractivity contribution in [3.63, 3.8) is 0 Å². The van der Waals surface area contributed by atoms with Crippen LogP contribution < -0.4 is 0 Å². The van der Waals surface area contributed by atoms with E-state index in [4.69, 9.17) is 9.47 Å². The van der Waals surface area contributed by atoms with Crippen LogP contribution in [0, 0.1) is 5.92 Å². The summed E-state index contributed by atoms with van der Waals surface area (Å²) in [6, 6.07) is 3.90.